The van der Waals surface area contributed by atoms with Gasteiger partial charge in [0.2, 0.25) is 0 Å². The van der Waals surface area contributed by atoms with Gasteiger partial charge in [0.15, 0.2) is 5.00 Å². The van der Waals surface area contributed by atoms with Crippen LogP contribution in [0.2, 0.25) is 0 Å². The third-order valence-corrected chi connectivity index (χ3v) is 2.33. The molecule has 0 aromatic carbocycles. The van der Waals surface area contributed by atoms with E-state index in [0.29, 0.717) is 5.00 Å². The maximum absolute atomic E-state index is 10.5. The lowest BCUT2D eigenvalue weighted by Crippen LogP contribution is -2.18. The zero-order valence-electron chi connectivity index (χ0n) is 7.06. The lowest BCUT2D eigenvalue weighted by Gasteiger charge is -2.08. The van der Waals surface area contributed by atoms with Gasteiger partial charge in [-0.25, -0.2) is 0 Å². The normalized spacial score (nSPS) is 12.5. The second kappa shape index (κ2) is 4.20. The smallest absolute Gasteiger partial charge is 0.303 e. The first-order valence-electron chi connectivity index (χ1n) is 3.74. The Kier molecular flexibility index (Phi) is 3.21. The molecule has 6 heteroatoms. The minimum Gasteiger partial charge on any atom is -0.394 e. The fourth-order valence-corrected chi connectivity index (χ4v) is 1.69. The Morgan fingerprint density at radius 1 is 1.85 bits per heavy atom. The number of rotatable bonds is 4. The molecule has 5 nitrogen and oxygen atoms in total. The van der Waals surface area contributed by atoms with Crippen LogP contribution in [-0.2, 0) is 0 Å². The molecule has 1 rings (SSSR count). The van der Waals surface area contributed by atoms with Gasteiger partial charge in [-0.05, 0) is 12.3 Å². The molecule has 1 heterocycles. The van der Waals surface area contributed by atoms with Crippen LogP contribution < -0.4 is 5.32 Å². The lowest BCUT2D eigenvalue weighted by atomic mass is 10.3. The zero-order chi connectivity index (χ0) is 9.84. The van der Waals surface area contributed by atoms with E-state index in [1.807, 2.05) is 0 Å². The van der Waals surface area contributed by atoms with Crippen molar-refractivity contribution in [2.75, 3.05) is 11.9 Å². The molecule has 0 radical (unpaired) electrons. The van der Waals surface area contributed by atoms with E-state index in [-0.39, 0.29) is 18.3 Å². The monoisotopic (exact) mass is 202 g/mol. The van der Waals surface area contributed by atoms with E-state index in [2.05, 4.69) is 5.32 Å². The molecule has 0 fully saturated rings. The summed E-state index contributed by atoms with van der Waals surface area (Å²) in [5.74, 6) is 0. The summed E-state index contributed by atoms with van der Waals surface area (Å²) in [6.45, 7) is 1.71. The van der Waals surface area contributed by atoms with Gasteiger partial charge < -0.3 is 10.4 Å². The summed E-state index contributed by atoms with van der Waals surface area (Å²) >= 11 is 1.26. The molecule has 0 aliphatic heterocycles. The van der Waals surface area contributed by atoms with Crippen molar-refractivity contribution in [1.82, 2.24) is 0 Å². The lowest BCUT2D eigenvalue weighted by molar-refractivity contribution is -0.383. The van der Waals surface area contributed by atoms with Crippen molar-refractivity contribution in [3.8, 4) is 0 Å². The molecule has 1 aromatic rings. The fraction of sp³-hybridized carbons (Fsp3) is 0.429. The van der Waals surface area contributed by atoms with Crippen molar-refractivity contribution in [3.05, 3.63) is 21.6 Å². The molecular formula is C7H10N2O3S. The van der Waals surface area contributed by atoms with Crippen LogP contribution in [0.25, 0.3) is 0 Å². The van der Waals surface area contributed by atoms with E-state index >= 15 is 0 Å². The van der Waals surface area contributed by atoms with Crippen molar-refractivity contribution >= 4 is 22.0 Å². The highest BCUT2D eigenvalue weighted by Gasteiger charge is 2.15. The van der Waals surface area contributed by atoms with Gasteiger partial charge >= 0.3 is 5.69 Å². The molecule has 0 saturated heterocycles. The van der Waals surface area contributed by atoms with Gasteiger partial charge in [0, 0.05) is 12.1 Å². The number of aliphatic hydroxyl groups is 1. The Labute approximate surface area is 79.2 Å². The van der Waals surface area contributed by atoms with Crippen LogP contribution in [0.15, 0.2) is 11.4 Å². The fourth-order valence-electron chi connectivity index (χ4n) is 0.824. The summed E-state index contributed by atoms with van der Waals surface area (Å²) in [6, 6.07) is 1.27. The van der Waals surface area contributed by atoms with Crippen LogP contribution in [0.5, 0.6) is 0 Å². The molecule has 2 N–H and O–H groups in total. The first kappa shape index (κ1) is 9.94. The molecule has 0 aliphatic rings. The number of hydrogen-bond acceptors (Lipinski definition) is 5. The first-order chi connectivity index (χ1) is 6.15. The molecule has 1 aromatic heterocycles. The molecule has 0 spiro atoms. The van der Waals surface area contributed by atoms with Gasteiger partial charge in [-0.3, -0.25) is 10.1 Å². The minimum atomic E-state index is -0.442. The van der Waals surface area contributed by atoms with Gasteiger partial charge in [0.25, 0.3) is 0 Å². The van der Waals surface area contributed by atoms with Gasteiger partial charge in [0.05, 0.1) is 11.5 Å². The number of nitrogens with zero attached hydrogens (tertiary/aromatic N) is 1. The maximum atomic E-state index is 10.5. The average Bonchev–Trinajstić information content (AvgIpc) is 2.52. The van der Waals surface area contributed by atoms with E-state index in [9.17, 15) is 10.1 Å². The third kappa shape index (κ3) is 2.40. The van der Waals surface area contributed by atoms with E-state index in [1.165, 1.54) is 17.4 Å². The molecule has 0 saturated carbocycles. The van der Waals surface area contributed by atoms with Crippen molar-refractivity contribution in [1.29, 1.82) is 0 Å². The minimum absolute atomic E-state index is 0.0466. The van der Waals surface area contributed by atoms with Gasteiger partial charge in [-0.15, -0.1) is 11.3 Å². The van der Waals surface area contributed by atoms with E-state index in [0.717, 1.165) is 0 Å². The highest BCUT2D eigenvalue weighted by molar-refractivity contribution is 7.14. The first-order valence-corrected chi connectivity index (χ1v) is 4.62. The SMILES string of the molecule is C[C@H](CO)Nc1sccc1[N+](=O)[O-]. The summed E-state index contributed by atoms with van der Waals surface area (Å²) in [5, 5.41) is 24.2. The van der Waals surface area contributed by atoms with Crippen molar-refractivity contribution in [3.63, 3.8) is 0 Å². The highest BCUT2D eigenvalue weighted by Crippen LogP contribution is 2.30. The van der Waals surface area contributed by atoms with E-state index < -0.39 is 4.92 Å². The Balaban J connectivity index is 2.76. The average molecular weight is 202 g/mol. The summed E-state index contributed by atoms with van der Waals surface area (Å²) in [6.07, 6.45) is 0. The quantitative estimate of drug-likeness (QED) is 0.572. The molecule has 13 heavy (non-hydrogen) atoms. The Morgan fingerprint density at radius 3 is 3.08 bits per heavy atom. The van der Waals surface area contributed by atoms with E-state index in [4.69, 9.17) is 5.11 Å². The largest absolute Gasteiger partial charge is 0.394 e. The van der Waals surface area contributed by atoms with E-state index in [1.54, 1.807) is 12.3 Å². The number of thiophene rings is 1. The van der Waals surface area contributed by atoms with Crippen LogP contribution in [0, 0.1) is 10.1 Å². The van der Waals surface area contributed by atoms with Gasteiger partial charge in [-0.1, -0.05) is 0 Å². The van der Waals surface area contributed by atoms with Crippen molar-refractivity contribution in [2.24, 2.45) is 0 Å². The highest BCUT2D eigenvalue weighted by atomic mass is 32.1. The molecular weight excluding hydrogens is 192 g/mol. The number of nitrogens with one attached hydrogen (secondary N) is 1. The molecule has 1 atom stereocenters. The Bertz CT molecular complexity index is 300. The Morgan fingerprint density at radius 2 is 2.54 bits per heavy atom. The summed E-state index contributed by atoms with van der Waals surface area (Å²) in [4.78, 5) is 10.0. The molecule has 0 aliphatic carbocycles. The van der Waals surface area contributed by atoms with Gasteiger partial charge in [0.1, 0.15) is 0 Å². The predicted octanol–water partition coefficient (Wildman–Crippen LogP) is 1.45. The topological polar surface area (TPSA) is 75.4 Å². The Hall–Kier alpha value is -1.14. The standard InChI is InChI=1S/C7H10N2O3S/c1-5(4-10)8-7-6(9(11)12)2-3-13-7/h2-3,5,8,10H,4H2,1H3/t5-/m1/s1. The zero-order valence-corrected chi connectivity index (χ0v) is 7.87. The number of hydrogen-bond donors (Lipinski definition) is 2. The van der Waals surface area contributed by atoms with Crippen molar-refractivity contribution in [2.45, 2.75) is 13.0 Å². The van der Waals surface area contributed by atoms with Crippen LogP contribution in [-0.4, -0.2) is 22.7 Å². The maximum Gasteiger partial charge on any atom is 0.303 e. The number of anilines is 1. The molecule has 72 valence electrons. The molecule has 0 amide bonds. The van der Waals surface area contributed by atoms with Crippen LogP contribution in [0.3, 0.4) is 0 Å². The van der Waals surface area contributed by atoms with Crippen LogP contribution in [0.1, 0.15) is 6.92 Å². The predicted molar refractivity (Wildman–Crippen MR) is 51.1 cm³/mol. The second-order valence-corrected chi connectivity index (χ2v) is 3.54. The van der Waals surface area contributed by atoms with Crippen LogP contribution in [0.4, 0.5) is 10.7 Å². The molecule has 0 bridgehead atoms. The third-order valence-electron chi connectivity index (χ3n) is 1.49. The van der Waals surface area contributed by atoms with Crippen LogP contribution >= 0.6 is 11.3 Å². The van der Waals surface area contributed by atoms with Crippen molar-refractivity contribution < 1.29 is 10.0 Å². The molecule has 0 unspecified atom stereocenters. The summed E-state index contributed by atoms with van der Waals surface area (Å²) < 4.78 is 0. The number of nitro groups is 1. The number of aliphatic hydroxyl groups excluding tert-OH is 1. The summed E-state index contributed by atoms with van der Waals surface area (Å²) in [5.41, 5.74) is 0.0605. The second-order valence-electron chi connectivity index (χ2n) is 2.62. The van der Waals surface area contributed by atoms with Gasteiger partial charge in [-0.2, -0.15) is 0 Å². The summed E-state index contributed by atoms with van der Waals surface area (Å²) in [7, 11) is 0.